The van der Waals surface area contributed by atoms with Crippen LogP contribution in [-0.4, -0.2) is 49.9 Å². The lowest BCUT2D eigenvalue weighted by atomic mass is 9.78. The zero-order valence-corrected chi connectivity index (χ0v) is 14.5. The minimum atomic E-state index is -1.09. The second-order valence-electron chi connectivity index (χ2n) is 6.29. The molecule has 0 bridgehead atoms. The van der Waals surface area contributed by atoms with Gasteiger partial charge in [0.2, 0.25) is 10.9 Å². The highest BCUT2D eigenvalue weighted by Gasteiger charge is 2.59. The lowest BCUT2D eigenvalue weighted by molar-refractivity contribution is -0.675. The zero-order valence-electron chi connectivity index (χ0n) is 13.7. The number of rotatable bonds is 5. The first-order valence-electron chi connectivity index (χ1n) is 7.74. The number of aliphatic hydroxyl groups is 1. The number of aliphatic hydroxyl groups excluding tert-OH is 1. The third-order valence-corrected chi connectivity index (χ3v) is 5.71. The number of aryl methyl sites for hydroxylation is 1. The fourth-order valence-corrected chi connectivity index (χ4v) is 4.46. The van der Waals surface area contributed by atoms with Crippen molar-refractivity contribution in [2.24, 2.45) is 18.9 Å². The van der Waals surface area contributed by atoms with Crippen LogP contribution in [0.4, 0.5) is 0 Å². The van der Waals surface area contributed by atoms with E-state index in [-0.39, 0.29) is 23.6 Å². The lowest BCUT2D eigenvalue weighted by Crippen LogP contribution is -2.63. The highest BCUT2D eigenvalue weighted by atomic mass is 32.2. The Labute approximate surface area is 144 Å². The summed E-state index contributed by atoms with van der Waals surface area (Å²) in [6.07, 6.45) is 2.78. The summed E-state index contributed by atoms with van der Waals surface area (Å²) >= 11 is 1.45. The standard InChI is InChI=1S/C16H19N3O4S/c1-8-10(6-24-11-4-5-18(3)7-17-11)14(16(22)23)19-13(8)12(9(2)20)15(19)21/h4-5,7-9,12-13,20H,6H2,1-3H3/p+1/t8-,9+,12+,13+/m0/s1. The number of carbonyl (C=O) groups is 2. The van der Waals surface area contributed by atoms with Crippen LogP contribution in [0.3, 0.4) is 0 Å². The lowest BCUT2D eigenvalue weighted by Gasteiger charge is -2.46. The van der Waals surface area contributed by atoms with E-state index in [1.807, 2.05) is 30.8 Å². The molecule has 1 aromatic heterocycles. The van der Waals surface area contributed by atoms with E-state index in [0.717, 1.165) is 10.6 Å². The van der Waals surface area contributed by atoms with Crippen molar-refractivity contribution in [2.75, 3.05) is 5.75 Å². The highest BCUT2D eigenvalue weighted by Crippen LogP contribution is 2.48. The molecule has 1 aromatic rings. The fourth-order valence-electron chi connectivity index (χ4n) is 3.48. The third kappa shape index (κ3) is 2.59. The second kappa shape index (κ2) is 6.18. The van der Waals surface area contributed by atoms with Crippen molar-refractivity contribution in [3.63, 3.8) is 0 Å². The van der Waals surface area contributed by atoms with Crippen LogP contribution < -0.4 is 4.57 Å². The summed E-state index contributed by atoms with van der Waals surface area (Å²) in [5, 5.41) is 20.2. The number of thioether (sulfide) groups is 1. The Morgan fingerprint density at radius 3 is 2.79 bits per heavy atom. The van der Waals surface area contributed by atoms with E-state index in [0.29, 0.717) is 5.75 Å². The van der Waals surface area contributed by atoms with Crippen LogP contribution in [0, 0.1) is 11.8 Å². The van der Waals surface area contributed by atoms with Crippen LogP contribution >= 0.6 is 11.8 Å². The molecule has 7 nitrogen and oxygen atoms in total. The molecule has 3 rings (SSSR count). The van der Waals surface area contributed by atoms with Gasteiger partial charge in [-0.3, -0.25) is 4.79 Å². The highest BCUT2D eigenvalue weighted by molar-refractivity contribution is 7.99. The summed E-state index contributed by atoms with van der Waals surface area (Å²) < 4.78 is 1.82. The number of fused-ring (bicyclic) bond motifs is 1. The maximum Gasteiger partial charge on any atom is 0.352 e. The molecule has 0 unspecified atom stereocenters. The zero-order chi connectivity index (χ0) is 17.6. The quantitative estimate of drug-likeness (QED) is 0.341. The normalized spacial score (nSPS) is 27.1. The van der Waals surface area contributed by atoms with E-state index in [4.69, 9.17) is 0 Å². The average Bonchev–Trinajstić information content (AvgIpc) is 2.76. The Balaban J connectivity index is 1.84. The van der Waals surface area contributed by atoms with E-state index in [9.17, 15) is 19.8 Å². The van der Waals surface area contributed by atoms with Crippen LogP contribution in [0.25, 0.3) is 0 Å². The topological polar surface area (TPSA) is 94.6 Å². The largest absolute Gasteiger partial charge is 0.477 e. The first-order chi connectivity index (χ1) is 11.3. The molecule has 0 spiro atoms. The molecule has 2 aliphatic rings. The third-order valence-electron chi connectivity index (χ3n) is 4.71. The predicted octanol–water partition coefficient (Wildman–Crippen LogP) is 0.194. The molecule has 2 N–H and O–H groups in total. The van der Waals surface area contributed by atoms with Crippen molar-refractivity contribution in [2.45, 2.75) is 31.0 Å². The van der Waals surface area contributed by atoms with Crippen LogP contribution in [0.1, 0.15) is 13.8 Å². The molecule has 2 aliphatic heterocycles. The number of hydrogen-bond donors (Lipinski definition) is 2. The maximum absolute atomic E-state index is 12.2. The van der Waals surface area contributed by atoms with Gasteiger partial charge >= 0.3 is 5.97 Å². The van der Waals surface area contributed by atoms with Crippen molar-refractivity contribution in [1.82, 2.24) is 9.88 Å². The molecule has 0 aromatic carbocycles. The van der Waals surface area contributed by atoms with Gasteiger partial charge in [0.25, 0.3) is 6.33 Å². The molecular formula is C16H20N3O4S+. The number of hydrogen-bond acceptors (Lipinski definition) is 5. The summed E-state index contributed by atoms with van der Waals surface area (Å²) in [7, 11) is 1.87. The summed E-state index contributed by atoms with van der Waals surface area (Å²) in [5.41, 5.74) is 0.799. The molecule has 128 valence electrons. The first kappa shape index (κ1) is 16.9. The summed E-state index contributed by atoms with van der Waals surface area (Å²) in [6, 6.07) is 1.60. The summed E-state index contributed by atoms with van der Waals surface area (Å²) in [6.45, 7) is 3.50. The van der Waals surface area contributed by atoms with E-state index in [1.165, 1.54) is 16.7 Å². The molecule has 1 fully saturated rings. The number of aliphatic carboxylic acids is 1. The van der Waals surface area contributed by atoms with E-state index in [2.05, 4.69) is 4.98 Å². The summed E-state index contributed by atoms with van der Waals surface area (Å²) in [5.74, 6) is -1.56. The van der Waals surface area contributed by atoms with Gasteiger partial charge in [-0.1, -0.05) is 18.7 Å². The monoisotopic (exact) mass is 350 g/mol. The van der Waals surface area contributed by atoms with Gasteiger partial charge < -0.3 is 15.1 Å². The number of amides is 1. The van der Waals surface area contributed by atoms with Crippen molar-refractivity contribution in [1.29, 1.82) is 0 Å². The molecule has 1 amide bonds. The molecule has 0 radical (unpaired) electrons. The van der Waals surface area contributed by atoms with Gasteiger partial charge in [0, 0.05) is 17.7 Å². The maximum atomic E-state index is 12.2. The van der Waals surface area contributed by atoms with Crippen molar-refractivity contribution in [3.05, 3.63) is 29.9 Å². The Bertz CT molecular complexity index is 717. The van der Waals surface area contributed by atoms with Gasteiger partial charge in [-0.15, -0.1) is 0 Å². The van der Waals surface area contributed by atoms with Crippen LogP contribution in [-0.2, 0) is 16.6 Å². The number of carbonyl (C=O) groups excluding carboxylic acids is 1. The molecule has 3 heterocycles. The second-order valence-corrected chi connectivity index (χ2v) is 7.28. The van der Waals surface area contributed by atoms with Crippen LogP contribution in [0.5, 0.6) is 0 Å². The van der Waals surface area contributed by atoms with E-state index >= 15 is 0 Å². The molecule has 8 heteroatoms. The molecule has 1 saturated heterocycles. The van der Waals surface area contributed by atoms with Gasteiger partial charge in [0.05, 0.1) is 31.3 Å². The number of aromatic nitrogens is 2. The minimum absolute atomic E-state index is 0.0726. The SMILES string of the molecule is C[C@@H](O)[C@H]1C(=O)N2C(C(=O)O)=C(CSc3cc[n+](C)cn3)[C@H](C)[C@H]12. The Morgan fingerprint density at radius 2 is 2.25 bits per heavy atom. The molecule has 0 aliphatic carbocycles. The number of carboxylic acids is 1. The van der Waals surface area contributed by atoms with Crippen molar-refractivity contribution >= 4 is 23.6 Å². The molecular weight excluding hydrogens is 330 g/mol. The number of carboxylic acid groups (broad SMARTS) is 1. The fraction of sp³-hybridized carbons (Fsp3) is 0.500. The molecule has 4 atom stereocenters. The minimum Gasteiger partial charge on any atom is -0.477 e. The Morgan fingerprint density at radius 1 is 1.54 bits per heavy atom. The van der Waals surface area contributed by atoms with Gasteiger partial charge in [0.15, 0.2) is 0 Å². The number of β-lactam (4-membered cyclic amide) rings is 1. The predicted molar refractivity (Wildman–Crippen MR) is 85.8 cm³/mol. The Kier molecular flexibility index (Phi) is 4.35. The first-order valence-corrected chi connectivity index (χ1v) is 8.73. The van der Waals surface area contributed by atoms with Crippen LogP contribution in [0.2, 0.25) is 0 Å². The smallest absolute Gasteiger partial charge is 0.352 e. The molecule has 24 heavy (non-hydrogen) atoms. The average molecular weight is 350 g/mol. The van der Waals surface area contributed by atoms with Gasteiger partial charge in [-0.2, -0.15) is 0 Å². The number of nitrogens with zero attached hydrogens (tertiary/aromatic N) is 3. The molecule has 0 saturated carbocycles. The van der Waals surface area contributed by atoms with Gasteiger partial charge in [-0.05, 0) is 17.5 Å². The summed E-state index contributed by atoms with van der Waals surface area (Å²) in [4.78, 5) is 29.6. The van der Waals surface area contributed by atoms with Crippen molar-refractivity contribution < 1.29 is 24.4 Å². The van der Waals surface area contributed by atoms with Gasteiger partial charge in [-0.25, -0.2) is 9.36 Å². The van der Waals surface area contributed by atoms with E-state index in [1.54, 1.807) is 13.3 Å². The van der Waals surface area contributed by atoms with Gasteiger partial charge in [0.1, 0.15) is 5.70 Å². The van der Waals surface area contributed by atoms with Crippen LogP contribution in [0.15, 0.2) is 34.9 Å². The Hall–Kier alpha value is -1.93. The van der Waals surface area contributed by atoms with E-state index < -0.39 is 18.0 Å². The van der Waals surface area contributed by atoms with Crippen molar-refractivity contribution in [3.8, 4) is 0 Å².